The van der Waals surface area contributed by atoms with Crippen molar-refractivity contribution in [2.45, 2.75) is 24.3 Å². The fraction of sp³-hybridized carbons (Fsp3) is 0.167. The van der Waals surface area contributed by atoms with Gasteiger partial charge in [-0.2, -0.15) is 0 Å². The quantitative estimate of drug-likeness (QED) is 0.544. The van der Waals surface area contributed by atoms with E-state index in [1.807, 2.05) is 68.4 Å². The summed E-state index contributed by atoms with van der Waals surface area (Å²) in [5.41, 5.74) is 2.70. The minimum atomic E-state index is -0.366. The van der Waals surface area contributed by atoms with Crippen LogP contribution in [0, 0.1) is 6.92 Å². The molecular weight excluding hydrogens is 334 g/mol. The van der Waals surface area contributed by atoms with E-state index in [1.54, 1.807) is 0 Å². The van der Waals surface area contributed by atoms with Crippen LogP contribution in [0.4, 0.5) is 5.69 Å². The highest BCUT2D eigenvalue weighted by Gasteiger charge is 2.20. The first kappa shape index (κ1) is 17.0. The summed E-state index contributed by atoms with van der Waals surface area (Å²) in [7, 11) is 0. The summed E-state index contributed by atoms with van der Waals surface area (Å²) in [6.45, 7) is 3.77. The molecule has 1 amide bonds. The van der Waals surface area contributed by atoms with Gasteiger partial charge in [0.2, 0.25) is 11.1 Å². The molecule has 1 heterocycles. The normalized spacial score (nSPS) is 11.9. The number of para-hydroxylation sites is 1. The van der Waals surface area contributed by atoms with Gasteiger partial charge in [0.15, 0.2) is 5.82 Å². The number of benzene rings is 2. The van der Waals surface area contributed by atoms with Crippen molar-refractivity contribution in [2.75, 3.05) is 11.2 Å². The van der Waals surface area contributed by atoms with E-state index in [-0.39, 0.29) is 11.2 Å². The molecule has 0 fully saturated rings. The lowest BCUT2D eigenvalue weighted by Crippen LogP contribution is -2.24. The van der Waals surface area contributed by atoms with Crippen molar-refractivity contribution in [3.63, 3.8) is 0 Å². The number of carbonyl (C=O) groups is 1. The van der Waals surface area contributed by atoms with Crippen molar-refractivity contribution in [2.24, 2.45) is 0 Å². The highest BCUT2D eigenvalue weighted by molar-refractivity contribution is 8.00. The van der Waals surface area contributed by atoms with E-state index in [0.717, 1.165) is 16.8 Å². The van der Waals surface area contributed by atoms with Crippen LogP contribution in [0.3, 0.4) is 0 Å². The third-order valence-electron chi connectivity index (χ3n) is 3.75. The summed E-state index contributed by atoms with van der Waals surface area (Å²) in [5.74, 6) is 6.56. The second-order valence-corrected chi connectivity index (χ2v) is 6.91. The molecule has 1 atom stereocenters. The molecule has 3 rings (SSSR count). The van der Waals surface area contributed by atoms with Crippen LogP contribution in [0.1, 0.15) is 12.5 Å². The average molecular weight is 353 g/mol. The fourth-order valence-electron chi connectivity index (χ4n) is 2.30. The van der Waals surface area contributed by atoms with Crippen molar-refractivity contribution in [1.29, 1.82) is 0 Å². The molecule has 0 radical (unpaired) electrons. The monoisotopic (exact) mass is 353 g/mol. The van der Waals surface area contributed by atoms with Gasteiger partial charge in [0.1, 0.15) is 0 Å². The van der Waals surface area contributed by atoms with Crippen LogP contribution >= 0.6 is 11.8 Å². The Hall–Kier alpha value is -2.80. The predicted octanol–water partition coefficient (Wildman–Crippen LogP) is 3.09. The Bertz CT molecular complexity index is 878. The first-order valence-corrected chi connectivity index (χ1v) is 8.73. The van der Waals surface area contributed by atoms with Crippen LogP contribution in [0.2, 0.25) is 0 Å². The molecule has 0 spiro atoms. The maximum absolute atomic E-state index is 12.4. The zero-order chi connectivity index (χ0) is 17.8. The summed E-state index contributed by atoms with van der Waals surface area (Å²) in [6, 6.07) is 17.2. The van der Waals surface area contributed by atoms with E-state index in [1.165, 1.54) is 16.4 Å². The molecule has 6 nitrogen and oxygen atoms in total. The number of nitrogens with one attached hydrogen (secondary N) is 1. The Balaban J connectivity index is 1.71. The third kappa shape index (κ3) is 3.83. The maximum Gasteiger partial charge on any atom is 0.237 e. The number of aromatic nitrogens is 3. The van der Waals surface area contributed by atoms with Crippen molar-refractivity contribution >= 4 is 23.4 Å². The zero-order valence-corrected chi connectivity index (χ0v) is 14.8. The number of thioether (sulfide) groups is 1. The van der Waals surface area contributed by atoms with Crippen LogP contribution in [0.15, 0.2) is 59.8 Å². The Morgan fingerprint density at radius 1 is 1.12 bits per heavy atom. The number of nitrogens with zero attached hydrogens (tertiary/aromatic N) is 3. The Kier molecular flexibility index (Phi) is 5.04. The van der Waals surface area contributed by atoms with Crippen molar-refractivity contribution in [3.05, 3.63) is 60.2 Å². The summed E-state index contributed by atoms with van der Waals surface area (Å²) in [5, 5.41) is 11.3. The number of nitrogen functional groups attached to an aromatic ring is 1. The van der Waals surface area contributed by atoms with Gasteiger partial charge in [-0.15, -0.1) is 10.2 Å². The minimum absolute atomic E-state index is 0.108. The molecule has 7 heteroatoms. The standard InChI is InChI=1S/C18H19N5OS/c1-12-8-6-7-11-15(12)20-17(24)13(2)25-18-22-21-16(23(18)19)14-9-4-3-5-10-14/h3-11,13H,19H2,1-2H3,(H,20,24). The van der Waals surface area contributed by atoms with Gasteiger partial charge in [-0.3, -0.25) is 4.79 Å². The van der Waals surface area contributed by atoms with Crippen molar-refractivity contribution < 1.29 is 4.79 Å². The molecule has 1 aromatic heterocycles. The first-order chi connectivity index (χ1) is 12.1. The number of carbonyl (C=O) groups excluding carboxylic acids is 1. The largest absolute Gasteiger partial charge is 0.335 e. The highest BCUT2D eigenvalue weighted by Crippen LogP contribution is 2.25. The SMILES string of the molecule is Cc1ccccc1NC(=O)C(C)Sc1nnc(-c2ccccc2)n1N. The highest BCUT2D eigenvalue weighted by atomic mass is 32.2. The van der Waals surface area contributed by atoms with Gasteiger partial charge in [-0.05, 0) is 25.5 Å². The molecule has 0 saturated carbocycles. The minimum Gasteiger partial charge on any atom is -0.335 e. The fourth-order valence-corrected chi connectivity index (χ4v) is 3.07. The van der Waals surface area contributed by atoms with E-state index in [0.29, 0.717) is 11.0 Å². The van der Waals surface area contributed by atoms with E-state index in [9.17, 15) is 4.79 Å². The Labute approximate surface area is 150 Å². The van der Waals surface area contributed by atoms with E-state index in [2.05, 4.69) is 15.5 Å². The van der Waals surface area contributed by atoms with E-state index >= 15 is 0 Å². The first-order valence-electron chi connectivity index (χ1n) is 7.85. The lowest BCUT2D eigenvalue weighted by molar-refractivity contribution is -0.115. The number of anilines is 1. The van der Waals surface area contributed by atoms with Gasteiger partial charge in [-0.25, -0.2) is 4.68 Å². The summed E-state index contributed by atoms with van der Waals surface area (Å²) in [4.78, 5) is 12.4. The molecule has 0 aliphatic heterocycles. The summed E-state index contributed by atoms with van der Waals surface area (Å²) in [6.07, 6.45) is 0. The third-order valence-corrected chi connectivity index (χ3v) is 4.81. The van der Waals surface area contributed by atoms with Crippen molar-refractivity contribution in [1.82, 2.24) is 14.9 Å². The van der Waals surface area contributed by atoms with Gasteiger partial charge >= 0.3 is 0 Å². The molecule has 3 N–H and O–H groups in total. The molecule has 0 saturated heterocycles. The molecule has 2 aromatic carbocycles. The average Bonchev–Trinajstić information content (AvgIpc) is 2.98. The molecule has 0 aliphatic rings. The van der Waals surface area contributed by atoms with Crippen LogP contribution in [0.25, 0.3) is 11.4 Å². The van der Waals surface area contributed by atoms with Gasteiger partial charge in [0, 0.05) is 11.3 Å². The molecule has 0 aliphatic carbocycles. The van der Waals surface area contributed by atoms with Gasteiger partial charge in [0.25, 0.3) is 0 Å². The molecule has 0 bridgehead atoms. The van der Waals surface area contributed by atoms with Crippen LogP contribution in [-0.4, -0.2) is 26.0 Å². The van der Waals surface area contributed by atoms with Crippen LogP contribution in [0.5, 0.6) is 0 Å². The number of hydrogen-bond donors (Lipinski definition) is 2. The number of aryl methyl sites for hydroxylation is 1. The lowest BCUT2D eigenvalue weighted by Gasteiger charge is -2.13. The second kappa shape index (κ2) is 7.40. The predicted molar refractivity (Wildman–Crippen MR) is 101 cm³/mol. The van der Waals surface area contributed by atoms with Crippen molar-refractivity contribution in [3.8, 4) is 11.4 Å². The molecule has 128 valence electrons. The smallest absolute Gasteiger partial charge is 0.237 e. The summed E-state index contributed by atoms with van der Waals surface area (Å²) >= 11 is 1.27. The second-order valence-electron chi connectivity index (χ2n) is 5.61. The van der Waals surface area contributed by atoms with Gasteiger partial charge in [0.05, 0.1) is 5.25 Å². The van der Waals surface area contributed by atoms with Gasteiger partial charge < -0.3 is 11.2 Å². The molecule has 3 aromatic rings. The molecule has 25 heavy (non-hydrogen) atoms. The zero-order valence-electron chi connectivity index (χ0n) is 14.0. The number of nitrogens with two attached hydrogens (primary N) is 1. The van der Waals surface area contributed by atoms with Crippen LogP contribution in [-0.2, 0) is 4.79 Å². The molecular formula is C18H19N5OS. The topological polar surface area (TPSA) is 85.8 Å². The van der Waals surface area contributed by atoms with Crippen LogP contribution < -0.4 is 11.2 Å². The summed E-state index contributed by atoms with van der Waals surface area (Å²) < 4.78 is 1.41. The van der Waals surface area contributed by atoms with E-state index < -0.39 is 0 Å². The number of hydrogen-bond acceptors (Lipinski definition) is 5. The lowest BCUT2D eigenvalue weighted by atomic mass is 10.2. The maximum atomic E-state index is 12.4. The van der Waals surface area contributed by atoms with Gasteiger partial charge in [-0.1, -0.05) is 60.3 Å². The van der Waals surface area contributed by atoms with E-state index in [4.69, 9.17) is 5.84 Å². The number of rotatable bonds is 5. The molecule has 1 unspecified atom stereocenters. The number of amides is 1. The Morgan fingerprint density at radius 3 is 2.52 bits per heavy atom. The Morgan fingerprint density at radius 2 is 1.80 bits per heavy atom.